The number of benzene rings is 1. The van der Waals surface area contributed by atoms with Crippen LogP contribution in [0.15, 0.2) is 44.8 Å². The van der Waals surface area contributed by atoms with E-state index < -0.39 is 5.76 Å². The van der Waals surface area contributed by atoms with Gasteiger partial charge in [-0.15, -0.1) is 5.10 Å². The number of aromatic nitrogens is 4. The molecule has 5 rings (SSSR count). The van der Waals surface area contributed by atoms with Crippen LogP contribution in [0.2, 0.25) is 0 Å². The van der Waals surface area contributed by atoms with E-state index in [1.165, 1.54) is 18.7 Å². The van der Waals surface area contributed by atoms with Crippen LogP contribution in [-0.4, -0.2) is 56.8 Å². The van der Waals surface area contributed by atoms with Crippen LogP contribution in [-0.2, 0) is 11.3 Å². The Morgan fingerprint density at radius 1 is 1.30 bits per heavy atom. The highest BCUT2D eigenvalue weighted by molar-refractivity contribution is 7.98. The van der Waals surface area contributed by atoms with Gasteiger partial charge in [0.15, 0.2) is 10.9 Å². The van der Waals surface area contributed by atoms with Crippen LogP contribution in [0.5, 0.6) is 0 Å². The molecule has 3 aromatic rings. The minimum absolute atomic E-state index is 0.0983. The largest absolute Gasteiger partial charge is 0.437 e. The first kappa shape index (κ1) is 21.4. The number of nitrogens with zero attached hydrogens (tertiary/aromatic N) is 6. The van der Waals surface area contributed by atoms with Gasteiger partial charge in [0.25, 0.3) is 5.91 Å². The normalized spacial score (nSPS) is 17.6. The molecule has 2 aromatic heterocycles. The average Bonchev–Trinajstić information content (AvgIpc) is 3.40. The van der Waals surface area contributed by atoms with Gasteiger partial charge in [-0.25, -0.2) is 14.8 Å². The number of thioether (sulfide) groups is 1. The zero-order chi connectivity index (χ0) is 23.1. The summed E-state index contributed by atoms with van der Waals surface area (Å²) in [6, 6.07) is 7.29. The van der Waals surface area contributed by atoms with E-state index in [1.807, 2.05) is 12.3 Å². The van der Waals surface area contributed by atoms with Crippen molar-refractivity contribution in [2.45, 2.75) is 37.5 Å². The lowest BCUT2D eigenvalue weighted by Gasteiger charge is -2.27. The molecule has 0 radical (unpaired) electrons. The smallest absolute Gasteiger partial charge is 0.388 e. The summed E-state index contributed by atoms with van der Waals surface area (Å²) in [5, 5.41) is 4.77. The highest BCUT2D eigenvalue weighted by Gasteiger charge is 2.37. The zero-order valence-electron chi connectivity index (χ0n) is 18.2. The molecule has 1 aromatic carbocycles. The third-order valence-corrected chi connectivity index (χ3v) is 6.39. The number of Topliss-reactive ketones (excluding diaryl/α,β-unsaturated/α-hetero) is 1. The number of carbonyl (C=O) groups is 2. The monoisotopic (exact) mass is 466 g/mol. The molecule has 170 valence electrons. The summed E-state index contributed by atoms with van der Waals surface area (Å²) < 4.78 is 6.25. The molecule has 1 atom stereocenters. The van der Waals surface area contributed by atoms with Gasteiger partial charge in [-0.1, -0.05) is 17.8 Å². The van der Waals surface area contributed by atoms with Crippen molar-refractivity contribution < 1.29 is 14.0 Å². The maximum atomic E-state index is 13.6. The molecule has 0 spiro atoms. The molecule has 0 saturated carbocycles. The Labute approximate surface area is 193 Å². The summed E-state index contributed by atoms with van der Waals surface area (Å²) in [5.41, 5.74) is 1.68. The molecule has 1 unspecified atom stereocenters. The molecule has 1 saturated heterocycles. The standard InChI is InChI=1S/C22H22N6O4S/c1-13(29)11-28-22(31)32-19(25-28)14-5-3-6-15(9-14)27-12-16-7-4-8-26(16)18-17(20(27)30)10-23-21(24-18)33-2/h3,5-6,9-10,16H,4,7-8,11-12H2,1-2H3. The van der Waals surface area contributed by atoms with E-state index in [-0.39, 0.29) is 30.2 Å². The molecule has 10 nitrogen and oxygen atoms in total. The van der Waals surface area contributed by atoms with Crippen molar-refractivity contribution in [1.29, 1.82) is 0 Å². The number of hydrogen-bond acceptors (Lipinski definition) is 9. The van der Waals surface area contributed by atoms with E-state index in [0.717, 1.165) is 24.1 Å². The minimum Gasteiger partial charge on any atom is -0.388 e. The van der Waals surface area contributed by atoms with E-state index in [2.05, 4.69) is 20.0 Å². The first-order chi connectivity index (χ1) is 15.9. The van der Waals surface area contributed by atoms with E-state index >= 15 is 0 Å². The third kappa shape index (κ3) is 3.92. The molecular formula is C22H22N6O4S. The van der Waals surface area contributed by atoms with E-state index in [4.69, 9.17) is 4.42 Å². The van der Waals surface area contributed by atoms with Crippen LogP contribution in [0.3, 0.4) is 0 Å². The second-order valence-corrected chi connectivity index (χ2v) is 8.86. The second-order valence-electron chi connectivity index (χ2n) is 8.08. The van der Waals surface area contributed by atoms with Crippen LogP contribution >= 0.6 is 11.8 Å². The van der Waals surface area contributed by atoms with Crippen LogP contribution < -0.4 is 15.6 Å². The quantitative estimate of drug-likeness (QED) is 0.412. The predicted molar refractivity (Wildman–Crippen MR) is 123 cm³/mol. The maximum Gasteiger partial charge on any atom is 0.437 e. The van der Waals surface area contributed by atoms with Crippen molar-refractivity contribution in [1.82, 2.24) is 19.7 Å². The van der Waals surface area contributed by atoms with Crippen molar-refractivity contribution in [3.63, 3.8) is 0 Å². The lowest BCUT2D eigenvalue weighted by Crippen LogP contribution is -2.39. The van der Waals surface area contributed by atoms with Crippen molar-refractivity contribution in [2.75, 3.05) is 29.1 Å². The molecule has 4 heterocycles. The van der Waals surface area contributed by atoms with Crippen LogP contribution in [0, 0.1) is 0 Å². The first-order valence-corrected chi connectivity index (χ1v) is 11.8. The number of amides is 1. The molecule has 1 fully saturated rings. The van der Waals surface area contributed by atoms with Crippen LogP contribution in [0.25, 0.3) is 11.5 Å². The van der Waals surface area contributed by atoms with Gasteiger partial charge >= 0.3 is 5.76 Å². The van der Waals surface area contributed by atoms with Gasteiger partial charge in [0.2, 0.25) is 5.89 Å². The Balaban J connectivity index is 1.54. The second kappa shape index (κ2) is 8.47. The van der Waals surface area contributed by atoms with E-state index in [1.54, 1.807) is 29.3 Å². The molecular weight excluding hydrogens is 444 g/mol. The Kier molecular flexibility index (Phi) is 5.49. The Morgan fingerprint density at radius 3 is 2.94 bits per heavy atom. The number of fused-ring (bicyclic) bond motifs is 3. The number of hydrogen-bond donors (Lipinski definition) is 0. The topological polar surface area (TPSA) is 114 Å². The summed E-state index contributed by atoms with van der Waals surface area (Å²) in [4.78, 5) is 49.9. The van der Waals surface area contributed by atoms with Gasteiger partial charge in [0.05, 0.1) is 0 Å². The molecule has 0 bridgehead atoms. The van der Waals surface area contributed by atoms with Gasteiger partial charge in [-0.2, -0.15) is 4.68 Å². The minimum atomic E-state index is -0.700. The summed E-state index contributed by atoms with van der Waals surface area (Å²) in [6.07, 6.45) is 5.52. The fourth-order valence-electron chi connectivity index (χ4n) is 4.33. The van der Waals surface area contributed by atoms with E-state index in [9.17, 15) is 14.4 Å². The summed E-state index contributed by atoms with van der Waals surface area (Å²) in [6.45, 7) is 2.58. The first-order valence-electron chi connectivity index (χ1n) is 10.6. The Bertz CT molecular complexity index is 1300. The van der Waals surface area contributed by atoms with Gasteiger partial charge in [-0.3, -0.25) is 9.59 Å². The van der Waals surface area contributed by atoms with Crippen molar-refractivity contribution in [3.05, 3.63) is 46.6 Å². The molecule has 2 aliphatic heterocycles. The van der Waals surface area contributed by atoms with Crippen LogP contribution in [0.1, 0.15) is 30.1 Å². The summed E-state index contributed by atoms with van der Waals surface area (Å²) in [5.74, 6) is -0.287. The average molecular weight is 467 g/mol. The summed E-state index contributed by atoms with van der Waals surface area (Å²) >= 11 is 1.45. The molecule has 0 N–H and O–H groups in total. The number of anilines is 2. The molecule has 11 heteroatoms. The van der Waals surface area contributed by atoms with Gasteiger partial charge in [-0.05, 0) is 44.2 Å². The molecule has 2 aliphatic rings. The van der Waals surface area contributed by atoms with Crippen molar-refractivity contribution in [3.8, 4) is 11.5 Å². The van der Waals surface area contributed by atoms with Crippen molar-refractivity contribution >= 4 is 35.0 Å². The summed E-state index contributed by atoms with van der Waals surface area (Å²) in [7, 11) is 0. The third-order valence-electron chi connectivity index (χ3n) is 5.83. The van der Waals surface area contributed by atoms with Gasteiger partial charge in [0.1, 0.15) is 17.9 Å². The van der Waals surface area contributed by atoms with Gasteiger partial charge < -0.3 is 14.2 Å². The van der Waals surface area contributed by atoms with Crippen LogP contribution in [0.4, 0.5) is 11.5 Å². The fraction of sp³-hybridized carbons (Fsp3) is 0.364. The number of ketones is 1. The highest BCUT2D eigenvalue weighted by atomic mass is 32.2. The maximum absolute atomic E-state index is 13.6. The van der Waals surface area contributed by atoms with Crippen molar-refractivity contribution in [2.24, 2.45) is 0 Å². The Morgan fingerprint density at radius 2 is 2.15 bits per heavy atom. The number of carbonyl (C=O) groups excluding carboxylic acids is 2. The number of rotatable bonds is 5. The lowest BCUT2D eigenvalue weighted by molar-refractivity contribution is -0.117. The SMILES string of the molecule is CSc1ncc2c(n1)N1CCCC1CN(c1cccc(-c3nn(CC(C)=O)c(=O)o3)c1)C2=O. The highest BCUT2D eigenvalue weighted by Crippen LogP contribution is 2.35. The fourth-order valence-corrected chi connectivity index (χ4v) is 4.67. The predicted octanol–water partition coefficient (Wildman–Crippen LogP) is 2.23. The molecule has 0 aliphatic carbocycles. The Hall–Kier alpha value is -3.47. The molecule has 33 heavy (non-hydrogen) atoms. The molecule has 1 amide bonds. The lowest BCUT2D eigenvalue weighted by atomic mass is 10.1. The van der Waals surface area contributed by atoms with Gasteiger partial charge in [0, 0.05) is 36.6 Å². The van der Waals surface area contributed by atoms with E-state index in [0.29, 0.717) is 34.3 Å². The zero-order valence-corrected chi connectivity index (χ0v) is 19.0.